The van der Waals surface area contributed by atoms with Crippen molar-refractivity contribution >= 4 is 42.3 Å². The maximum atomic E-state index is 13.4. The molecule has 0 atom stereocenters. The first-order valence-electron chi connectivity index (χ1n) is 9.09. The maximum Gasteiger partial charge on any atom is 0.186 e. The Bertz CT molecular complexity index is 1160. The van der Waals surface area contributed by atoms with Gasteiger partial charge >= 0.3 is 0 Å². The van der Waals surface area contributed by atoms with Gasteiger partial charge < -0.3 is 9.80 Å². The summed E-state index contributed by atoms with van der Waals surface area (Å²) in [5.74, 6) is 0.675. The SMILES string of the molecule is O=S1(=O)CCc2nnc(N3CCN(c4nc5ccc(F)cc5s4)CC3)cc2C1. The van der Waals surface area contributed by atoms with Crippen LogP contribution in [0.15, 0.2) is 24.3 Å². The van der Waals surface area contributed by atoms with E-state index in [9.17, 15) is 12.8 Å². The Morgan fingerprint density at radius 2 is 1.82 bits per heavy atom. The lowest BCUT2D eigenvalue weighted by Crippen LogP contribution is -2.47. The molecule has 0 saturated carbocycles. The molecular weight excluding hydrogens is 401 g/mol. The summed E-state index contributed by atoms with van der Waals surface area (Å²) in [5.41, 5.74) is 2.37. The highest BCUT2D eigenvalue weighted by atomic mass is 32.2. The van der Waals surface area contributed by atoms with Crippen LogP contribution < -0.4 is 9.80 Å². The van der Waals surface area contributed by atoms with Crippen molar-refractivity contribution in [3.63, 3.8) is 0 Å². The predicted molar refractivity (Wildman–Crippen MR) is 107 cm³/mol. The number of anilines is 2. The number of piperazine rings is 1. The normalized spacial score (nSPS) is 19.0. The van der Waals surface area contributed by atoms with Crippen LogP contribution in [0.2, 0.25) is 0 Å². The molecule has 0 radical (unpaired) electrons. The third-order valence-electron chi connectivity index (χ3n) is 5.19. The first kappa shape index (κ1) is 17.7. The Morgan fingerprint density at radius 1 is 1.04 bits per heavy atom. The monoisotopic (exact) mass is 419 g/mol. The zero-order chi connectivity index (χ0) is 19.3. The fourth-order valence-electron chi connectivity index (χ4n) is 3.64. The van der Waals surface area contributed by atoms with Gasteiger partial charge in [0.2, 0.25) is 0 Å². The van der Waals surface area contributed by atoms with Crippen molar-refractivity contribution in [1.82, 2.24) is 15.2 Å². The van der Waals surface area contributed by atoms with Crippen LogP contribution in [0.4, 0.5) is 15.3 Å². The number of aryl methyl sites for hydroxylation is 1. The van der Waals surface area contributed by atoms with E-state index in [4.69, 9.17) is 0 Å². The van der Waals surface area contributed by atoms with Crippen LogP contribution in [-0.2, 0) is 22.0 Å². The van der Waals surface area contributed by atoms with Crippen molar-refractivity contribution in [1.29, 1.82) is 0 Å². The van der Waals surface area contributed by atoms with Crippen LogP contribution >= 0.6 is 11.3 Å². The zero-order valence-corrected chi connectivity index (χ0v) is 16.6. The van der Waals surface area contributed by atoms with Crippen LogP contribution in [-0.4, -0.2) is 55.5 Å². The van der Waals surface area contributed by atoms with Crippen molar-refractivity contribution < 1.29 is 12.8 Å². The quantitative estimate of drug-likeness (QED) is 0.629. The molecule has 0 unspecified atom stereocenters. The molecule has 0 amide bonds. The molecule has 2 aliphatic heterocycles. The van der Waals surface area contributed by atoms with Gasteiger partial charge in [0.1, 0.15) is 5.82 Å². The van der Waals surface area contributed by atoms with E-state index in [0.29, 0.717) is 6.42 Å². The second-order valence-corrected chi connectivity index (χ2v) is 10.3. The average molecular weight is 420 g/mol. The van der Waals surface area contributed by atoms with Crippen molar-refractivity contribution in [3.05, 3.63) is 41.3 Å². The molecule has 1 aromatic carbocycles. The molecule has 10 heteroatoms. The number of nitrogens with zero attached hydrogens (tertiary/aromatic N) is 5. The van der Waals surface area contributed by atoms with E-state index in [0.717, 1.165) is 58.6 Å². The van der Waals surface area contributed by atoms with Gasteiger partial charge in [-0.2, -0.15) is 5.10 Å². The van der Waals surface area contributed by atoms with Gasteiger partial charge in [0.25, 0.3) is 0 Å². The molecule has 1 fully saturated rings. The highest BCUT2D eigenvalue weighted by Crippen LogP contribution is 2.30. The fraction of sp³-hybridized carbons (Fsp3) is 0.389. The van der Waals surface area contributed by atoms with Crippen LogP contribution in [0.25, 0.3) is 10.2 Å². The lowest BCUT2D eigenvalue weighted by Gasteiger charge is -2.35. The maximum absolute atomic E-state index is 13.4. The minimum atomic E-state index is -3.03. The molecule has 0 aliphatic carbocycles. The topological polar surface area (TPSA) is 79.3 Å². The summed E-state index contributed by atoms with van der Waals surface area (Å²) in [6.45, 7) is 3.01. The molecule has 146 valence electrons. The van der Waals surface area contributed by atoms with Gasteiger partial charge in [-0.15, -0.1) is 5.10 Å². The van der Waals surface area contributed by atoms with E-state index < -0.39 is 9.84 Å². The summed E-state index contributed by atoms with van der Waals surface area (Å²) in [6, 6.07) is 6.52. The number of thiazole rings is 1. The van der Waals surface area contributed by atoms with E-state index in [1.54, 1.807) is 6.07 Å². The molecule has 7 nitrogen and oxygen atoms in total. The Morgan fingerprint density at radius 3 is 2.64 bits per heavy atom. The zero-order valence-electron chi connectivity index (χ0n) is 15.0. The van der Waals surface area contributed by atoms with E-state index in [2.05, 4.69) is 25.0 Å². The molecule has 4 heterocycles. The second kappa shape index (κ2) is 6.63. The molecule has 3 aromatic rings. The Labute approximate surface area is 165 Å². The molecule has 0 spiro atoms. The number of hydrogen-bond acceptors (Lipinski definition) is 8. The van der Waals surface area contributed by atoms with Crippen LogP contribution in [0.3, 0.4) is 0 Å². The number of benzene rings is 1. The van der Waals surface area contributed by atoms with Crippen LogP contribution in [0.5, 0.6) is 0 Å². The largest absolute Gasteiger partial charge is 0.352 e. The van der Waals surface area contributed by atoms with Gasteiger partial charge in [-0.3, -0.25) is 0 Å². The standard InChI is InChI=1S/C18H18FN5O2S2/c19-13-1-2-15-16(10-13)27-18(20-15)24-6-4-23(5-7-24)17-9-12-11-28(25,26)8-3-14(12)21-22-17/h1-2,9-10H,3-8,11H2. The van der Waals surface area contributed by atoms with E-state index in [1.807, 2.05) is 6.07 Å². The summed E-state index contributed by atoms with van der Waals surface area (Å²) in [7, 11) is -3.03. The summed E-state index contributed by atoms with van der Waals surface area (Å²) in [5, 5.41) is 9.46. The molecule has 0 N–H and O–H groups in total. The van der Waals surface area contributed by atoms with Gasteiger partial charge in [0.05, 0.1) is 27.4 Å². The fourth-order valence-corrected chi connectivity index (χ4v) is 6.06. The number of rotatable bonds is 2. The minimum Gasteiger partial charge on any atom is -0.352 e. The lowest BCUT2D eigenvalue weighted by atomic mass is 10.2. The Kier molecular flexibility index (Phi) is 4.20. The molecule has 2 aromatic heterocycles. The van der Waals surface area contributed by atoms with E-state index >= 15 is 0 Å². The summed E-state index contributed by atoms with van der Waals surface area (Å²) < 4.78 is 38.0. The summed E-state index contributed by atoms with van der Waals surface area (Å²) in [6.07, 6.45) is 0.441. The molecule has 1 saturated heterocycles. The molecule has 0 bridgehead atoms. The van der Waals surface area contributed by atoms with Crippen molar-refractivity contribution in [3.8, 4) is 0 Å². The second-order valence-electron chi connectivity index (χ2n) is 7.10. The number of halogens is 1. The molecule has 28 heavy (non-hydrogen) atoms. The first-order valence-corrected chi connectivity index (χ1v) is 11.7. The lowest BCUT2D eigenvalue weighted by molar-refractivity contribution is 0.589. The number of sulfone groups is 1. The average Bonchev–Trinajstić information content (AvgIpc) is 3.10. The smallest absolute Gasteiger partial charge is 0.186 e. The van der Waals surface area contributed by atoms with Gasteiger partial charge in [-0.25, -0.2) is 17.8 Å². The third-order valence-corrected chi connectivity index (χ3v) is 7.84. The first-order chi connectivity index (χ1) is 13.5. The highest BCUT2D eigenvalue weighted by Gasteiger charge is 2.26. The van der Waals surface area contributed by atoms with Crippen molar-refractivity contribution in [2.75, 3.05) is 41.7 Å². The Hall–Kier alpha value is -2.33. The van der Waals surface area contributed by atoms with Gasteiger partial charge in [0, 0.05) is 32.6 Å². The molecule has 2 aliphatic rings. The van der Waals surface area contributed by atoms with Crippen LogP contribution in [0.1, 0.15) is 11.3 Å². The van der Waals surface area contributed by atoms with Gasteiger partial charge in [0.15, 0.2) is 20.8 Å². The van der Waals surface area contributed by atoms with Crippen molar-refractivity contribution in [2.24, 2.45) is 0 Å². The van der Waals surface area contributed by atoms with E-state index in [1.165, 1.54) is 23.5 Å². The predicted octanol–water partition coefficient (Wildman–Crippen LogP) is 2.02. The summed E-state index contributed by atoms with van der Waals surface area (Å²) >= 11 is 1.49. The van der Waals surface area contributed by atoms with Gasteiger partial charge in [-0.1, -0.05) is 11.3 Å². The highest BCUT2D eigenvalue weighted by molar-refractivity contribution is 7.90. The van der Waals surface area contributed by atoms with E-state index in [-0.39, 0.29) is 17.3 Å². The number of hydrogen-bond donors (Lipinski definition) is 0. The Balaban J connectivity index is 1.32. The van der Waals surface area contributed by atoms with Crippen molar-refractivity contribution in [2.45, 2.75) is 12.2 Å². The molecular formula is C18H18FN5O2S2. The summed E-state index contributed by atoms with van der Waals surface area (Å²) in [4.78, 5) is 8.93. The number of aromatic nitrogens is 3. The van der Waals surface area contributed by atoms with Crippen LogP contribution in [0, 0.1) is 5.82 Å². The minimum absolute atomic E-state index is 0.0487. The van der Waals surface area contributed by atoms with Gasteiger partial charge in [-0.05, 0) is 29.8 Å². The third kappa shape index (κ3) is 3.30. The molecule has 5 rings (SSSR count). The number of fused-ring (bicyclic) bond motifs is 2.